The number of carboxylic acids is 1. The summed E-state index contributed by atoms with van der Waals surface area (Å²) in [5.74, 6) is -1.71. The predicted molar refractivity (Wildman–Crippen MR) is 56.9 cm³/mol. The number of hydrogen-bond acceptors (Lipinski definition) is 5. The van der Waals surface area contributed by atoms with E-state index >= 15 is 0 Å². The molecule has 0 aromatic carbocycles. The highest BCUT2D eigenvalue weighted by Gasteiger charge is 2.19. The minimum atomic E-state index is -0.918. The highest BCUT2D eigenvalue weighted by Crippen LogP contribution is 2.01. The molecular weight excluding hydrogens is 226 g/mol. The lowest BCUT2D eigenvalue weighted by Crippen LogP contribution is -2.38. The monoisotopic (exact) mass is 241 g/mol. The van der Waals surface area contributed by atoms with Gasteiger partial charge in [-0.25, -0.2) is 4.68 Å². The highest BCUT2D eigenvalue weighted by molar-refractivity contribution is 5.77. The van der Waals surface area contributed by atoms with Crippen molar-refractivity contribution < 1.29 is 14.7 Å². The molecule has 8 heteroatoms. The van der Waals surface area contributed by atoms with E-state index in [4.69, 9.17) is 5.11 Å². The van der Waals surface area contributed by atoms with Gasteiger partial charge in [0.25, 0.3) is 0 Å². The summed E-state index contributed by atoms with van der Waals surface area (Å²) in [5.41, 5.74) is 0. The Kier molecular flexibility index (Phi) is 4.56. The Morgan fingerprint density at radius 2 is 2.24 bits per heavy atom. The van der Waals surface area contributed by atoms with Crippen molar-refractivity contribution in [3.8, 4) is 0 Å². The van der Waals surface area contributed by atoms with Crippen LogP contribution >= 0.6 is 0 Å². The SMILES string of the molecule is CCN(CC(C)C(=O)O)C(=O)Cn1cnnn1. The zero-order valence-corrected chi connectivity index (χ0v) is 9.78. The van der Waals surface area contributed by atoms with Crippen molar-refractivity contribution in [2.75, 3.05) is 13.1 Å². The molecule has 1 aromatic rings. The van der Waals surface area contributed by atoms with Crippen molar-refractivity contribution in [1.82, 2.24) is 25.1 Å². The molecule has 17 heavy (non-hydrogen) atoms. The second-order valence-electron chi connectivity index (χ2n) is 3.68. The summed E-state index contributed by atoms with van der Waals surface area (Å²) in [4.78, 5) is 24.0. The minimum Gasteiger partial charge on any atom is -0.481 e. The van der Waals surface area contributed by atoms with Crippen LogP contribution in [-0.4, -0.2) is 55.2 Å². The van der Waals surface area contributed by atoms with E-state index in [0.29, 0.717) is 6.54 Å². The largest absolute Gasteiger partial charge is 0.481 e. The number of aromatic nitrogens is 4. The molecule has 8 nitrogen and oxygen atoms in total. The van der Waals surface area contributed by atoms with Crippen LogP contribution in [0.2, 0.25) is 0 Å². The maximum absolute atomic E-state index is 11.8. The summed E-state index contributed by atoms with van der Waals surface area (Å²) >= 11 is 0. The molecule has 1 aromatic heterocycles. The molecule has 1 N–H and O–H groups in total. The van der Waals surface area contributed by atoms with E-state index in [0.717, 1.165) is 0 Å². The molecule has 1 unspecified atom stereocenters. The van der Waals surface area contributed by atoms with Crippen LogP contribution in [0.1, 0.15) is 13.8 Å². The predicted octanol–water partition coefficient (Wildman–Crippen LogP) is -0.758. The van der Waals surface area contributed by atoms with Crippen LogP contribution in [0.4, 0.5) is 0 Å². The first-order valence-electron chi connectivity index (χ1n) is 5.26. The molecular formula is C9H15N5O3. The molecule has 94 valence electrons. The Hall–Kier alpha value is -1.99. The summed E-state index contributed by atoms with van der Waals surface area (Å²) in [6, 6.07) is 0. The van der Waals surface area contributed by atoms with Crippen LogP contribution in [0.25, 0.3) is 0 Å². The standard InChI is InChI=1S/C9H15N5O3/c1-3-13(4-7(2)9(16)17)8(15)5-14-6-10-11-12-14/h6-7H,3-5H2,1-2H3,(H,16,17). The molecule has 0 saturated carbocycles. The highest BCUT2D eigenvalue weighted by atomic mass is 16.4. The second-order valence-corrected chi connectivity index (χ2v) is 3.68. The Balaban J connectivity index is 2.55. The van der Waals surface area contributed by atoms with Gasteiger partial charge in [0.1, 0.15) is 12.9 Å². The van der Waals surface area contributed by atoms with Gasteiger partial charge < -0.3 is 10.0 Å². The third-order valence-corrected chi connectivity index (χ3v) is 2.34. The Labute approximate surface area is 98.2 Å². The van der Waals surface area contributed by atoms with Crippen LogP contribution in [-0.2, 0) is 16.1 Å². The van der Waals surface area contributed by atoms with Crippen molar-refractivity contribution in [3.05, 3.63) is 6.33 Å². The first-order valence-corrected chi connectivity index (χ1v) is 5.26. The molecule has 0 spiro atoms. The maximum Gasteiger partial charge on any atom is 0.308 e. The normalized spacial score (nSPS) is 12.1. The first kappa shape index (κ1) is 13.1. The number of nitrogens with zero attached hydrogens (tertiary/aromatic N) is 5. The number of likely N-dealkylation sites (N-methyl/N-ethyl adjacent to an activating group) is 1. The van der Waals surface area contributed by atoms with E-state index in [-0.39, 0.29) is 19.0 Å². The summed E-state index contributed by atoms with van der Waals surface area (Å²) in [6.45, 7) is 4.03. The fourth-order valence-electron chi connectivity index (χ4n) is 1.31. The second kappa shape index (κ2) is 5.92. The smallest absolute Gasteiger partial charge is 0.308 e. The van der Waals surface area contributed by atoms with E-state index in [1.807, 2.05) is 0 Å². The van der Waals surface area contributed by atoms with E-state index in [1.165, 1.54) is 15.9 Å². The third kappa shape index (κ3) is 3.82. The third-order valence-electron chi connectivity index (χ3n) is 2.34. The van der Waals surface area contributed by atoms with Gasteiger partial charge in [-0.2, -0.15) is 0 Å². The van der Waals surface area contributed by atoms with Gasteiger partial charge in [0.05, 0.1) is 5.92 Å². The molecule has 0 aliphatic rings. The molecule has 0 radical (unpaired) electrons. The fourth-order valence-corrected chi connectivity index (χ4v) is 1.31. The number of carboxylic acid groups (broad SMARTS) is 1. The van der Waals surface area contributed by atoms with Crippen LogP contribution < -0.4 is 0 Å². The zero-order chi connectivity index (χ0) is 12.8. The summed E-state index contributed by atoms with van der Waals surface area (Å²) in [6.07, 6.45) is 1.34. The van der Waals surface area contributed by atoms with Gasteiger partial charge in [0.15, 0.2) is 0 Å². The van der Waals surface area contributed by atoms with Crippen molar-refractivity contribution in [1.29, 1.82) is 0 Å². The average Bonchev–Trinajstić information content (AvgIpc) is 2.77. The van der Waals surface area contributed by atoms with Crippen LogP contribution in [0.3, 0.4) is 0 Å². The van der Waals surface area contributed by atoms with Gasteiger partial charge in [-0.15, -0.1) is 5.10 Å². The zero-order valence-electron chi connectivity index (χ0n) is 9.78. The maximum atomic E-state index is 11.8. The van der Waals surface area contributed by atoms with E-state index < -0.39 is 11.9 Å². The lowest BCUT2D eigenvalue weighted by atomic mass is 10.1. The lowest BCUT2D eigenvalue weighted by Gasteiger charge is -2.22. The van der Waals surface area contributed by atoms with Gasteiger partial charge in [-0.1, -0.05) is 6.92 Å². The summed E-state index contributed by atoms with van der Waals surface area (Å²) in [5, 5.41) is 19.2. The number of tetrazole rings is 1. The van der Waals surface area contributed by atoms with Crippen LogP contribution in [0.5, 0.6) is 0 Å². The number of carbonyl (C=O) groups is 2. The van der Waals surface area contributed by atoms with Crippen molar-refractivity contribution in [3.63, 3.8) is 0 Å². The molecule has 0 saturated heterocycles. The molecule has 1 atom stereocenters. The molecule has 1 amide bonds. The molecule has 1 heterocycles. The van der Waals surface area contributed by atoms with Gasteiger partial charge in [0.2, 0.25) is 5.91 Å². The number of hydrogen-bond donors (Lipinski definition) is 1. The lowest BCUT2D eigenvalue weighted by molar-refractivity contribution is -0.143. The Morgan fingerprint density at radius 3 is 2.71 bits per heavy atom. The van der Waals surface area contributed by atoms with E-state index in [2.05, 4.69) is 15.5 Å². The number of amides is 1. The van der Waals surface area contributed by atoms with Crippen molar-refractivity contribution in [2.45, 2.75) is 20.4 Å². The van der Waals surface area contributed by atoms with Crippen molar-refractivity contribution >= 4 is 11.9 Å². The molecule has 0 aliphatic carbocycles. The summed E-state index contributed by atoms with van der Waals surface area (Å²) in [7, 11) is 0. The molecule has 0 bridgehead atoms. The Morgan fingerprint density at radius 1 is 1.53 bits per heavy atom. The van der Waals surface area contributed by atoms with Gasteiger partial charge in [-0.3, -0.25) is 9.59 Å². The minimum absolute atomic E-state index is 0.0210. The van der Waals surface area contributed by atoms with Gasteiger partial charge in [-0.05, 0) is 17.4 Å². The number of carbonyl (C=O) groups excluding carboxylic acids is 1. The summed E-state index contributed by atoms with van der Waals surface area (Å²) < 4.78 is 1.30. The number of rotatable bonds is 6. The van der Waals surface area contributed by atoms with Crippen LogP contribution in [0, 0.1) is 5.92 Å². The number of aliphatic carboxylic acids is 1. The van der Waals surface area contributed by atoms with E-state index in [1.54, 1.807) is 13.8 Å². The molecule has 0 aliphatic heterocycles. The van der Waals surface area contributed by atoms with E-state index in [9.17, 15) is 9.59 Å². The average molecular weight is 241 g/mol. The first-order chi connectivity index (χ1) is 8.04. The fraction of sp³-hybridized carbons (Fsp3) is 0.667. The van der Waals surface area contributed by atoms with Crippen LogP contribution in [0.15, 0.2) is 6.33 Å². The van der Waals surface area contributed by atoms with Gasteiger partial charge >= 0.3 is 5.97 Å². The topological polar surface area (TPSA) is 101 Å². The Bertz CT molecular complexity index is 378. The van der Waals surface area contributed by atoms with Crippen molar-refractivity contribution in [2.24, 2.45) is 5.92 Å². The quantitative estimate of drug-likeness (QED) is 0.702. The molecule has 1 rings (SSSR count). The molecule has 0 fully saturated rings. The van der Waals surface area contributed by atoms with Gasteiger partial charge in [0, 0.05) is 13.1 Å².